The molecule has 6 nitrogen and oxygen atoms in total. The molecule has 0 unspecified atom stereocenters. The number of carbonyl (C=O) groups excluding carboxylic acids is 1. The summed E-state index contributed by atoms with van der Waals surface area (Å²) in [4.78, 5) is 26.3. The SMILES string of the molecule is COc1ccc(Nc2nc(C(=O)O)c(C(C)=O)s2)cc1F. The van der Waals surface area contributed by atoms with Gasteiger partial charge in [-0.25, -0.2) is 14.2 Å². The fourth-order valence-corrected chi connectivity index (χ4v) is 2.50. The Bertz CT molecular complexity index is 683. The zero-order valence-corrected chi connectivity index (χ0v) is 12.0. The number of hydrogen-bond donors (Lipinski definition) is 2. The molecule has 110 valence electrons. The molecule has 0 amide bonds. The van der Waals surface area contributed by atoms with Gasteiger partial charge in [0, 0.05) is 18.7 Å². The number of halogens is 1. The van der Waals surface area contributed by atoms with Crippen LogP contribution >= 0.6 is 11.3 Å². The van der Waals surface area contributed by atoms with E-state index in [1.165, 1.54) is 26.2 Å². The maximum atomic E-state index is 13.6. The molecule has 8 heteroatoms. The summed E-state index contributed by atoms with van der Waals surface area (Å²) in [5.41, 5.74) is 0.0538. The number of aromatic nitrogens is 1. The molecule has 0 fully saturated rings. The average molecular weight is 310 g/mol. The summed E-state index contributed by atoms with van der Waals surface area (Å²) in [5.74, 6) is -2.15. The lowest BCUT2D eigenvalue weighted by molar-refractivity contribution is 0.0687. The van der Waals surface area contributed by atoms with E-state index < -0.39 is 11.8 Å². The van der Waals surface area contributed by atoms with Crippen molar-refractivity contribution in [3.63, 3.8) is 0 Å². The lowest BCUT2D eigenvalue weighted by atomic mass is 10.3. The van der Waals surface area contributed by atoms with Crippen LogP contribution in [-0.2, 0) is 0 Å². The summed E-state index contributed by atoms with van der Waals surface area (Å²) >= 11 is 0.900. The minimum atomic E-state index is -1.29. The van der Waals surface area contributed by atoms with Gasteiger partial charge in [-0.3, -0.25) is 4.79 Å². The zero-order chi connectivity index (χ0) is 15.6. The second kappa shape index (κ2) is 5.88. The average Bonchev–Trinajstić information content (AvgIpc) is 2.83. The number of nitrogens with one attached hydrogen (secondary N) is 1. The molecule has 0 radical (unpaired) electrons. The third kappa shape index (κ3) is 3.16. The number of ketones is 1. The monoisotopic (exact) mass is 310 g/mol. The van der Waals surface area contributed by atoms with Crippen molar-refractivity contribution in [3.05, 3.63) is 34.6 Å². The van der Waals surface area contributed by atoms with Gasteiger partial charge in [0.05, 0.1) is 7.11 Å². The third-order valence-corrected chi connectivity index (χ3v) is 3.62. The van der Waals surface area contributed by atoms with Gasteiger partial charge in [0.2, 0.25) is 0 Å². The predicted molar refractivity (Wildman–Crippen MR) is 75.3 cm³/mol. The Morgan fingerprint density at radius 2 is 2.14 bits per heavy atom. The summed E-state index contributed by atoms with van der Waals surface area (Å²) in [6.45, 7) is 1.26. The fourth-order valence-electron chi connectivity index (χ4n) is 1.62. The number of aromatic carboxylic acids is 1. The van der Waals surface area contributed by atoms with Crippen molar-refractivity contribution in [2.24, 2.45) is 0 Å². The fraction of sp³-hybridized carbons (Fsp3) is 0.154. The number of hydrogen-bond acceptors (Lipinski definition) is 6. The van der Waals surface area contributed by atoms with Gasteiger partial charge in [0.15, 0.2) is 28.2 Å². The van der Waals surface area contributed by atoms with Gasteiger partial charge < -0.3 is 15.2 Å². The molecule has 0 saturated carbocycles. The smallest absolute Gasteiger partial charge is 0.356 e. The van der Waals surface area contributed by atoms with Crippen LogP contribution in [0.4, 0.5) is 15.2 Å². The molecule has 2 N–H and O–H groups in total. The molecule has 0 aliphatic rings. The van der Waals surface area contributed by atoms with Crippen LogP contribution in [0.5, 0.6) is 5.75 Å². The highest BCUT2D eigenvalue weighted by Crippen LogP contribution is 2.28. The van der Waals surface area contributed by atoms with E-state index in [-0.39, 0.29) is 27.2 Å². The number of carboxylic acid groups (broad SMARTS) is 1. The number of rotatable bonds is 5. The number of nitrogens with zero attached hydrogens (tertiary/aromatic N) is 1. The zero-order valence-electron chi connectivity index (χ0n) is 11.1. The lowest BCUT2D eigenvalue weighted by Crippen LogP contribution is -2.03. The van der Waals surface area contributed by atoms with Gasteiger partial charge in [-0.05, 0) is 12.1 Å². The Morgan fingerprint density at radius 1 is 1.43 bits per heavy atom. The van der Waals surface area contributed by atoms with E-state index in [0.717, 1.165) is 11.3 Å². The number of carbonyl (C=O) groups is 2. The van der Waals surface area contributed by atoms with Crippen molar-refractivity contribution in [1.82, 2.24) is 4.98 Å². The van der Waals surface area contributed by atoms with Crippen LogP contribution < -0.4 is 10.1 Å². The molecule has 2 rings (SSSR count). The standard InChI is InChI=1S/C13H11FN2O4S/c1-6(17)11-10(12(18)19)16-13(21-11)15-7-3-4-9(20-2)8(14)5-7/h3-5H,1-2H3,(H,15,16)(H,18,19). The van der Waals surface area contributed by atoms with Crippen molar-refractivity contribution in [2.75, 3.05) is 12.4 Å². The largest absolute Gasteiger partial charge is 0.494 e. The van der Waals surface area contributed by atoms with E-state index in [2.05, 4.69) is 10.3 Å². The van der Waals surface area contributed by atoms with Gasteiger partial charge in [-0.1, -0.05) is 11.3 Å². The third-order valence-electron chi connectivity index (χ3n) is 2.55. The Morgan fingerprint density at radius 3 is 2.62 bits per heavy atom. The molecular weight excluding hydrogens is 299 g/mol. The first-order valence-electron chi connectivity index (χ1n) is 5.78. The van der Waals surface area contributed by atoms with Crippen molar-refractivity contribution in [2.45, 2.75) is 6.92 Å². The highest BCUT2D eigenvalue weighted by Gasteiger charge is 2.20. The van der Waals surface area contributed by atoms with E-state index >= 15 is 0 Å². The molecular formula is C13H11FN2O4S. The normalized spacial score (nSPS) is 10.2. The van der Waals surface area contributed by atoms with E-state index in [9.17, 15) is 14.0 Å². The van der Waals surface area contributed by atoms with E-state index in [1.54, 1.807) is 6.07 Å². The van der Waals surface area contributed by atoms with Crippen LogP contribution in [0.15, 0.2) is 18.2 Å². The topological polar surface area (TPSA) is 88.5 Å². The minimum absolute atomic E-state index is 0.0407. The van der Waals surface area contributed by atoms with Crippen LogP contribution in [0.2, 0.25) is 0 Å². The minimum Gasteiger partial charge on any atom is -0.494 e. The molecule has 0 atom stereocenters. The van der Waals surface area contributed by atoms with Crippen molar-refractivity contribution in [1.29, 1.82) is 0 Å². The first kappa shape index (κ1) is 14.9. The van der Waals surface area contributed by atoms with Gasteiger partial charge in [0.1, 0.15) is 4.88 Å². The summed E-state index contributed by atoms with van der Waals surface area (Å²) in [6, 6.07) is 4.17. The van der Waals surface area contributed by atoms with E-state index in [4.69, 9.17) is 9.84 Å². The Kier molecular flexibility index (Phi) is 4.18. The van der Waals surface area contributed by atoms with Crippen molar-refractivity contribution < 1.29 is 23.8 Å². The van der Waals surface area contributed by atoms with Crippen LogP contribution in [0.1, 0.15) is 27.1 Å². The number of carboxylic acids is 1. The van der Waals surface area contributed by atoms with Gasteiger partial charge in [0.25, 0.3) is 0 Å². The molecule has 1 heterocycles. The van der Waals surface area contributed by atoms with Crippen LogP contribution in [0, 0.1) is 5.82 Å². The highest BCUT2D eigenvalue weighted by atomic mass is 32.1. The molecule has 0 saturated heterocycles. The lowest BCUT2D eigenvalue weighted by Gasteiger charge is -2.05. The van der Waals surface area contributed by atoms with Crippen LogP contribution in [-0.4, -0.2) is 29.0 Å². The van der Waals surface area contributed by atoms with Crippen molar-refractivity contribution >= 4 is 33.9 Å². The molecule has 0 aliphatic carbocycles. The number of benzene rings is 1. The summed E-state index contributed by atoms with van der Waals surface area (Å²) in [5, 5.41) is 12.0. The number of thiazole rings is 1. The van der Waals surface area contributed by atoms with Crippen molar-refractivity contribution in [3.8, 4) is 5.75 Å². The first-order chi connectivity index (χ1) is 9.92. The summed E-state index contributed by atoms with van der Waals surface area (Å²) < 4.78 is 18.4. The molecule has 1 aromatic carbocycles. The second-order valence-corrected chi connectivity index (χ2v) is 5.03. The Hall–Kier alpha value is -2.48. The Labute approximate surface area is 123 Å². The first-order valence-corrected chi connectivity index (χ1v) is 6.59. The maximum Gasteiger partial charge on any atom is 0.356 e. The molecule has 1 aromatic heterocycles. The summed E-state index contributed by atoms with van der Waals surface area (Å²) in [6.07, 6.45) is 0. The summed E-state index contributed by atoms with van der Waals surface area (Å²) in [7, 11) is 1.35. The highest BCUT2D eigenvalue weighted by molar-refractivity contribution is 7.17. The number of methoxy groups -OCH3 is 1. The molecule has 21 heavy (non-hydrogen) atoms. The van der Waals surface area contributed by atoms with E-state index in [0.29, 0.717) is 5.69 Å². The number of anilines is 2. The number of Topliss-reactive ketones (excluding diaryl/α,β-unsaturated/α-hetero) is 1. The second-order valence-electron chi connectivity index (χ2n) is 4.03. The van der Waals surface area contributed by atoms with Crippen LogP contribution in [0.3, 0.4) is 0 Å². The quantitative estimate of drug-likeness (QED) is 0.825. The molecule has 0 bridgehead atoms. The van der Waals surface area contributed by atoms with E-state index in [1.807, 2.05) is 0 Å². The van der Waals surface area contributed by atoms with Gasteiger partial charge in [-0.2, -0.15) is 0 Å². The molecule has 0 spiro atoms. The number of ether oxygens (including phenoxy) is 1. The predicted octanol–water partition coefficient (Wildman–Crippen LogP) is 2.94. The van der Waals surface area contributed by atoms with Gasteiger partial charge >= 0.3 is 5.97 Å². The van der Waals surface area contributed by atoms with Crippen LogP contribution in [0.25, 0.3) is 0 Å². The molecule has 2 aromatic rings. The Balaban J connectivity index is 2.31. The van der Waals surface area contributed by atoms with Gasteiger partial charge in [-0.15, -0.1) is 0 Å². The molecule has 0 aliphatic heterocycles. The maximum absolute atomic E-state index is 13.6.